The van der Waals surface area contributed by atoms with Crippen molar-refractivity contribution in [3.8, 4) is 11.4 Å². The summed E-state index contributed by atoms with van der Waals surface area (Å²) in [5.74, 6) is 1.33. The Kier molecular flexibility index (Phi) is 4.06. The molecule has 0 fully saturated rings. The van der Waals surface area contributed by atoms with Gasteiger partial charge in [0.1, 0.15) is 0 Å². The number of hydrogen-bond donors (Lipinski definition) is 0. The fourth-order valence-electron chi connectivity index (χ4n) is 3.36. The molecule has 0 aliphatic heterocycles. The molecule has 28 heavy (non-hydrogen) atoms. The van der Waals surface area contributed by atoms with Crippen LogP contribution in [-0.4, -0.2) is 24.9 Å². The van der Waals surface area contributed by atoms with Crippen LogP contribution in [0.25, 0.3) is 28.2 Å². The summed E-state index contributed by atoms with van der Waals surface area (Å²) in [5.41, 5.74) is 3.47. The lowest BCUT2D eigenvalue weighted by Gasteiger charge is -2.05. The molecule has 0 atom stereocenters. The quantitative estimate of drug-likeness (QED) is 0.377. The molecule has 0 amide bonds. The van der Waals surface area contributed by atoms with Gasteiger partial charge < -0.3 is 4.57 Å². The number of Topliss-reactive ketones (excluding diaryl/α,β-unsaturated/α-hetero) is 1. The first-order chi connectivity index (χ1) is 13.7. The summed E-state index contributed by atoms with van der Waals surface area (Å²) in [6.07, 6.45) is 0. The average Bonchev–Trinajstić information content (AvgIpc) is 3.28. The van der Waals surface area contributed by atoms with E-state index < -0.39 is 0 Å². The SMILES string of the molecule is O=C(Cn1c2ccccc2n2nc(-c3ccccc3)nc12)c1ccc(Br)cc1. The predicted molar refractivity (Wildman–Crippen MR) is 112 cm³/mol. The topological polar surface area (TPSA) is 52.2 Å². The Hall–Kier alpha value is -3.25. The van der Waals surface area contributed by atoms with E-state index in [1.807, 2.05) is 87.9 Å². The number of carbonyl (C=O) groups excluding carboxylic acids is 1. The van der Waals surface area contributed by atoms with Gasteiger partial charge in [0, 0.05) is 15.6 Å². The number of carbonyl (C=O) groups is 1. The highest BCUT2D eigenvalue weighted by Crippen LogP contribution is 2.24. The second-order valence-corrected chi connectivity index (χ2v) is 7.43. The van der Waals surface area contributed by atoms with Gasteiger partial charge in [0.15, 0.2) is 11.6 Å². The van der Waals surface area contributed by atoms with E-state index >= 15 is 0 Å². The van der Waals surface area contributed by atoms with E-state index in [4.69, 9.17) is 10.1 Å². The highest BCUT2D eigenvalue weighted by atomic mass is 79.9. The number of benzene rings is 3. The number of nitrogens with zero attached hydrogens (tertiary/aromatic N) is 4. The van der Waals surface area contributed by atoms with Gasteiger partial charge in [0.2, 0.25) is 5.78 Å². The number of rotatable bonds is 4. The van der Waals surface area contributed by atoms with Gasteiger partial charge in [-0.05, 0) is 24.3 Å². The molecular formula is C22H15BrN4O. The maximum Gasteiger partial charge on any atom is 0.234 e. The Labute approximate surface area is 169 Å². The first-order valence-electron chi connectivity index (χ1n) is 8.89. The third kappa shape index (κ3) is 2.82. The van der Waals surface area contributed by atoms with E-state index in [0.29, 0.717) is 17.2 Å². The Morgan fingerprint density at radius 3 is 2.29 bits per heavy atom. The highest BCUT2D eigenvalue weighted by Gasteiger charge is 2.18. The van der Waals surface area contributed by atoms with Gasteiger partial charge in [0.05, 0.1) is 17.6 Å². The molecule has 5 aromatic rings. The first kappa shape index (κ1) is 16.9. The number of halogens is 1. The van der Waals surface area contributed by atoms with Gasteiger partial charge >= 0.3 is 0 Å². The average molecular weight is 431 g/mol. The summed E-state index contributed by atoms with van der Waals surface area (Å²) in [7, 11) is 0. The van der Waals surface area contributed by atoms with Crippen LogP contribution in [-0.2, 0) is 6.54 Å². The largest absolute Gasteiger partial charge is 0.300 e. The Morgan fingerprint density at radius 2 is 1.54 bits per heavy atom. The predicted octanol–water partition coefficient (Wildman–Crippen LogP) is 5.00. The van der Waals surface area contributed by atoms with Crippen LogP contribution < -0.4 is 0 Å². The standard InChI is InChI=1S/C22H15BrN4O/c23-17-12-10-15(11-13-17)20(28)14-26-18-8-4-5-9-19(18)27-22(26)24-21(25-27)16-6-2-1-3-7-16/h1-13H,14H2. The molecule has 0 saturated carbocycles. The van der Waals surface area contributed by atoms with Crippen molar-refractivity contribution in [2.45, 2.75) is 6.54 Å². The summed E-state index contributed by atoms with van der Waals surface area (Å²) in [5, 5.41) is 4.69. The van der Waals surface area contributed by atoms with Crippen molar-refractivity contribution in [2.24, 2.45) is 0 Å². The molecular weight excluding hydrogens is 416 g/mol. The molecule has 6 heteroatoms. The van der Waals surface area contributed by atoms with Crippen molar-refractivity contribution in [3.05, 3.63) is 88.9 Å². The lowest BCUT2D eigenvalue weighted by molar-refractivity contribution is 0.0974. The van der Waals surface area contributed by atoms with Crippen LogP contribution in [0.15, 0.2) is 83.3 Å². The zero-order chi connectivity index (χ0) is 19.1. The second-order valence-electron chi connectivity index (χ2n) is 6.52. The lowest BCUT2D eigenvalue weighted by Crippen LogP contribution is -2.10. The zero-order valence-corrected chi connectivity index (χ0v) is 16.4. The summed E-state index contributed by atoms with van der Waals surface area (Å²) in [4.78, 5) is 17.6. The highest BCUT2D eigenvalue weighted by molar-refractivity contribution is 9.10. The van der Waals surface area contributed by atoms with Gasteiger partial charge in [-0.1, -0.05) is 70.5 Å². The fourth-order valence-corrected chi connectivity index (χ4v) is 3.62. The fraction of sp³-hybridized carbons (Fsp3) is 0.0455. The molecule has 0 spiro atoms. The molecule has 0 N–H and O–H groups in total. The van der Waals surface area contributed by atoms with Crippen LogP contribution >= 0.6 is 15.9 Å². The van der Waals surface area contributed by atoms with E-state index in [-0.39, 0.29) is 12.3 Å². The minimum absolute atomic E-state index is 0.0278. The Morgan fingerprint density at radius 1 is 0.857 bits per heavy atom. The molecule has 2 heterocycles. The number of fused-ring (bicyclic) bond motifs is 3. The zero-order valence-electron chi connectivity index (χ0n) is 14.8. The van der Waals surface area contributed by atoms with E-state index in [1.54, 1.807) is 0 Å². The lowest BCUT2D eigenvalue weighted by atomic mass is 10.1. The summed E-state index contributed by atoms with van der Waals surface area (Å²) >= 11 is 3.41. The molecule has 5 nitrogen and oxygen atoms in total. The van der Waals surface area contributed by atoms with Crippen LogP contribution in [0.4, 0.5) is 0 Å². The van der Waals surface area contributed by atoms with Crippen LogP contribution in [0.1, 0.15) is 10.4 Å². The van der Waals surface area contributed by atoms with Crippen molar-refractivity contribution in [3.63, 3.8) is 0 Å². The number of aromatic nitrogens is 4. The van der Waals surface area contributed by atoms with Gasteiger partial charge in [-0.15, -0.1) is 5.10 Å². The van der Waals surface area contributed by atoms with Gasteiger partial charge in [-0.25, -0.2) is 0 Å². The molecule has 0 unspecified atom stereocenters. The molecule has 0 saturated heterocycles. The van der Waals surface area contributed by atoms with Crippen molar-refractivity contribution in [1.29, 1.82) is 0 Å². The van der Waals surface area contributed by atoms with Crippen molar-refractivity contribution >= 4 is 38.5 Å². The molecule has 0 radical (unpaired) electrons. The Bertz CT molecular complexity index is 1300. The number of hydrogen-bond acceptors (Lipinski definition) is 3. The van der Waals surface area contributed by atoms with E-state index in [0.717, 1.165) is 21.1 Å². The Balaban J connectivity index is 1.64. The van der Waals surface area contributed by atoms with Gasteiger partial charge in [0.25, 0.3) is 0 Å². The maximum atomic E-state index is 12.9. The first-order valence-corrected chi connectivity index (χ1v) is 9.68. The monoisotopic (exact) mass is 430 g/mol. The smallest absolute Gasteiger partial charge is 0.234 e. The molecule has 3 aromatic carbocycles. The van der Waals surface area contributed by atoms with Crippen LogP contribution in [0.2, 0.25) is 0 Å². The van der Waals surface area contributed by atoms with E-state index in [2.05, 4.69) is 15.9 Å². The molecule has 2 aromatic heterocycles. The molecule has 136 valence electrons. The third-order valence-corrected chi connectivity index (χ3v) is 5.26. The third-order valence-electron chi connectivity index (χ3n) is 4.73. The van der Waals surface area contributed by atoms with Crippen LogP contribution in [0.5, 0.6) is 0 Å². The molecule has 0 aliphatic rings. The van der Waals surface area contributed by atoms with Crippen LogP contribution in [0, 0.1) is 0 Å². The second kappa shape index (κ2) is 6.73. The minimum Gasteiger partial charge on any atom is -0.300 e. The van der Waals surface area contributed by atoms with Crippen LogP contribution in [0.3, 0.4) is 0 Å². The maximum absolute atomic E-state index is 12.9. The molecule has 5 rings (SSSR count). The number of imidazole rings is 1. The molecule has 0 bridgehead atoms. The summed E-state index contributed by atoms with van der Waals surface area (Å²) in [6.45, 7) is 0.200. The van der Waals surface area contributed by atoms with Crippen molar-refractivity contribution in [1.82, 2.24) is 19.2 Å². The van der Waals surface area contributed by atoms with Crippen molar-refractivity contribution in [2.75, 3.05) is 0 Å². The summed E-state index contributed by atoms with van der Waals surface area (Å²) in [6, 6.07) is 25.2. The normalized spacial score (nSPS) is 11.3. The number of ketones is 1. The number of para-hydroxylation sites is 2. The van der Waals surface area contributed by atoms with E-state index in [1.165, 1.54) is 0 Å². The van der Waals surface area contributed by atoms with E-state index in [9.17, 15) is 4.79 Å². The minimum atomic E-state index is 0.0278. The van der Waals surface area contributed by atoms with Gasteiger partial charge in [-0.2, -0.15) is 9.50 Å². The van der Waals surface area contributed by atoms with Gasteiger partial charge in [-0.3, -0.25) is 4.79 Å². The van der Waals surface area contributed by atoms with Crippen molar-refractivity contribution < 1.29 is 4.79 Å². The molecule has 0 aliphatic carbocycles. The summed E-state index contributed by atoms with van der Waals surface area (Å²) < 4.78 is 4.69.